The molecule has 1 heterocycles. The Labute approximate surface area is 159 Å². The molecule has 0 spiro atoms. The largest absolute Gasteiger partial charge is 0.464 e. The van der Waals surface area contributed by atoms with E-state index in [1.54, 1.807) is 0 Å². The number of alkyl halides is 15. The van der Waals surface area contributed by atoms with Crippen LogP contribution in [0, 0.1) is 0 Å². The summed E-state index contributed by atoms with van der Waals surface area (Å²) in [6, 6.07) is -2.20. The third-order valence-corrected chi connectivity index (χ3v) is 3.85. The second-order valence-electron chi connectivity index (χ2n) is 5.93. The van der Waals surface area contributed by atoms with Crippen molar-refractivity contribution in [2.45, 2.75) is 54.2 Å². The highest BCUT2D eigenvalue weighted by atomic mass is 19.4. The molecule has 1 aliphatic heterocycles. The molecule has 182 valence electrons. The average Bonchev–Trinajstić information content (AvgIpc) is 2.97. The van der Waals surface area contributed by atoms with E-state index < -0.39 is 72.7 Å². The normalized spacial score (nSPS) is 20.0. The number of ether oxygens (including phenoxy) is 1. The molecule has 0 bridgehead atoms. The summed E-state index contributed by atoms with van der Waals surface area (Å²) in [5, 5.41) is 0.654. The molecule has 0 aliphatic carbocycles. The van der Waals surface area contributed by atoms with Crippen LogP contribution in [0.3, 0.4) is 0 Å². The molecular formula is C12H6F15NO3. The molecular weight excluding hydrogens is 491 g/mol. The molecule has 1 rings (SSSR count). The molecule has 1 unspecified atom stereocenters. The van der Waals surface area contributed by atoms with Crippen LogP contribution in [0.2, 0.25) is 0 Å². The number of esters is 1. The quantitative estimate of drug-likeness (QED) is 0.431. The van der Waals surface area contributed by atoms with Gasteiger partial charge >= 0.3 is 47.7 Å². The molecule has 19 heteroatoms. The number of hydrogen-bond acceptors (Lipinski definition) is 3. The topological polar surface area (TPSA) is 55.4 Å². The van der Waals surface area contributed by atoms with Crippen molar-refractivity contribution < 1.29 is 80.2 Å². The molecule has 0 aromatic carbocycles. The number of amides is 1. The van der Waals surface area contributed by atoms with E-state index in [0.717, 1.165) is 0 Å². The van der Waals surface area contributed by atoms with Crippen molar-refractivity contribution in [1.82, 2.24) is 5.32 Å². The van der Waals surface area contributed by atoms with E-state index >= 15 is 0 Å². The fraction of sp³-hybridized carbons (Fsp3) is 0.833. The summed E-state index contributed by atoms with van der Waals surface area (Å²) in [5.41, 5.74) is 0. The first kappa shape index (κ1) is 26.9. The predicted molar refractivity (Wildman–Crippen MR) is 63.2 cm³/mol. The maximum absolute atomic E-state index is 13.5. The number of cyclic esters (lactones) is 1. The number of hydrogen-bond donors (Lipinski definition) is 1. The SMILES string of the molecule is O=C1OCCC1NC(=O)C(F)(F)C(F)(F)C(F)(F)C(F)(F)C(F)(F)C(F)(F)C(F)(F)F. The van der Waals surface area contributed by atoms with Crippen molar-refractivity contribution in [3.8, 4) is 0 Å². The number of nitrogens with one attached hydrogen (secondary N) is 1. The molecule has 0 aromatic rings. The summed E-state index contributed by atoms with van der Waals surface area (Å²) in [5.74, 6) is -53.7. The van der Waals surface area contributed by atoms with Crippen LogP contribution in [-0.2, 0) is 14.3 Å². The molecule has 1 fully saturated rings. The third-order valence-electron chi connectivity index (χ3n) is 3.85. The van der Waals surface area contributed by atoms with Crippen LogP contribution in [0.1, 0.15) is 6.42 Å². The smallest absolute Gasteiger partial charge is 0.460 e. The number of halogens is 15. The fourth-order valence-corrected chi connectivity index (χ4v) is 1.99. The summed E-state index contributed by atoms with van der Waals surface area (Å²) >= 11 is 0. The molecule has 0 radical (unpaired) electrons. The molecule has 4 nitrogen and oxygen atoms in total. The van der Waals surface area contributed by atoms with Crippen molar-refractivity contribution in [2.24, 2.45) is 0 Å². The van der Waals surface area contributed by atoms with Gasteiger partial charge in [0, 0.05) is 6.42 Å². The van der Waals surface area contributed by atoms with Crippen LogP contribution in [0.25, 0.3) is 0 Å². The summed E-state index contributed by atoms with van der Waals surface area (Å²) in [6.45, 7) is -0.612. The molecule has 31 heavy (non-hydrogen) atoms. The average molecular weight is 497 g/mol. The first-order valence-electron chi connectivity index (χ1n) is 7.22. The summed E-state index contributed by atoms with van der Waals surface area (Å²) < 4.78 is 199. The number of rotatable bonds is 7. The minimum absolute atomic E-state index is 0.612. The number of carbonyl (C=O) groups excluding carboxylic acids is 2. The first-order valence-corrected chi connectivity index (χ1v) is 7.22. The summed E-state index contributed by atoms with van der Waals surface area (Å²) in [7, 11) is 0. The van der Waals surface area contributed by atoms with Gasteiger partial charge < -0.3 is 10.1 Å². The van der Waals surface area contributed by atoms with Crippen molar-refractivity contribution in [3.05, 3.63) is 0 Å². The Morgan fingerprint density at radius 2 is 1.10 bits per heavy atom. The van der Waals surface area contributed by atoms with E-state index in [1.807, 2.05) is 0 Å². The molecule has 1 amide bonds. The van der Waals surface area contributed by atoms with Crippen molar-refractivity contribution in [2.75, 3.05) is 6.61 Å². The van der Waals surface area contributed by atoms with E-state index in [2.05, 4.69) is 4.74 Å². The van der Waals surface area contributed by atoms with Gasteiger partial charge in [-0.2, -0.15) is 65.9 Å². The summed E-state index contributed by atoms with van der Waals surface area (Å²) in [4.78, 5) is 22.1. The minimum Gasteiger partial charge on any atom is -0.464 e. The highest BCUT2D eigenvalue weighted by Gasteiger charge is 2.94. The predicted octanol–water partition coefficient (Wildman–Crippen LogP) is 3.79. The zero-order chi connectivity index (χ0) is 25.1. The van der Waals surface area contributed by atoms with Gasteiger partial charge in [0.1, 0.15) is 6.04 Å². The van der Waals surface area contributed by atoms with E-state index in [4.69, 9.17) is 0 Å². The Morgan fingerprint density at radius 3 is 1.45 bits per heavy atom. The van der Waals surface area contributed by atoms with Crippen molar-refractivity contribution >= 4 is 11.9 Å². The van der Waals surface area contributed by atoms with Gasteiger partial charge in [0.15, 0.2) is 0 Å². The van der Waals surface area contributed by atoms with Crippen molar-refractivity contribution in [1.29, 1.82) is 0 Å². The molecule has 0 aromatic heterocycles. The molecule has 0 saturated carbocycles. The van der Waals surface area contributed by atoms with E-state index in [0.29, 0.717) is 5.32 Å². The van der Waals surface area contributed by atoms with Gasteiger partial charge in [0.05, 0.1) is 6.61 Å². The van der Waals surface area contributed by atoms with Gasteiger partial charge in [-0.25, -0.2) is 4.79 Å². The maximum atomic E-state index is 13.5. The van der Waals surface area contributed by atoms with E-state index in [-0.39, 0.29) is 0 Å². The van der Waals surface area contributed by atoms with Crippen LogP contribution >= 0.6 is 0 Å². The number of carbonyl (C=O) groups is 2. The molecule has 1 N–H and O–H groups in total. The molecule has 1 aliphatic rings. The molecule has 1 atom stereocenters. The fourth-order valence-electron chi connectivity index (χ4n) is 1.99. The maximum Gasteiger partial charge on any atom is 0.460 e. The highest BCUT2D eigenvalue weighted by molar-refractivity contribution is 5.90. The lowest BCUT2D eigenvalue weighted by Crippen LogP contribution is -2.74. The zero-order valence-corrected chi connectivity index (χ0v) is 13.9. The zero-order valence-electron chi connectivity index (χ0n) is 13.9. The van der Waals surface area contributed by atoms with E-state index in [1.165, 1.54) is 0 Å². The van der Waals surface area contributed by atoms with Crippen molar-refractivity contribution in [3.63, 3.8) is 0 Å². The van der Waals surface area contributed by atoms with Gasteiger partial charge in [-0.05, 0) is 0 Å². The lowest BCUT2D eigenvalue weighted by atomic mass is 9.90. The Bertz CT molecular complexity index is 729. The first-order chi connectivity index (χ1) is 13.4. The van der Waals surface area contributed by atoms with Gasteiger partial charge in [-0.3, -0.25) is 4.79 Å². The monoisotopic (exact) mass is 497 g/mol. The summed E-state index contributed by atoms with van der Waals surface area (Å²) in [6.07, 6.45) is -8.43. The Hall–Kier alpha value is -2.11. The van der Waals surface area contributed by atoms with Crippen LogP contribution < -0.4 is 5.32 Å². The Kier molecular flexibility index (Phi) is 6.26. The van der Waals surface area contributed by atoms with Crippen LogP contribution in [0.4, 0.5) is 65.9 Å². The lowest BCUT2D eigenvalue weighted by molar-refractivity contribution is -0.449. The lowest BCUT2D eigenvalue weighted by Gasteiger charge is -2.41. The van der Waals surface area contributed by atoms with Gasteiger partial charge in [0.25, 0.3) is 5.91 Å². The van der Waals surface area contributed by atoms with Gasteiger partial charge in [-0.1, -0.05) is 0 Å². The highest BCUT2D eigenvalue weighted by Crippen LogP contribution is 2.62. The van der Waals surface area contributed by atoms with Crippen LogP contribution in [0.5, 0.6) is 0 Å². The van der Waals surface area contributed by atoms with Crippen LogP contribution in [0.15, 0.2) is 0 Å². The van der Waals surface area contributed by atoms with Gasteiger partial charge in [-0.15, -0.1) is 0 Å². The second-order valence-corrected chi connectivity index (χ2v) is 5.93. The Morgan fingerprint density at radius 1 is 0.710 bits per heavy atom. The van der Waals surface area contributed by atoms with Crippen LogP contribution in [-0.4, -0.2) is 66.2 Å². The third kappa shape index (κ3) is 3.62. The Balaban J connectivity index is 3.43. The minimum atomic E-state index is -8.49. The van der Waals surface area contributed by atoms with E-state index in [9.17, 15) is 75.4 Å². The molecule has 1 saturated heterocycles. The second kappa shape index (κ2) is 7.21. The standard InChI is InChI=1S/C12H6F15NO3/c13-6(14,5(30)28-3-1-2-31-4(3)29)7(15,16)8(17,18)9(19,20)10(21,22)11(23,24)12(25,26)27/h3H,1-2H2,(H,28,30). The van der Waals surface area contributed by atoms with Gasteiger partial charge in [0.2, 0.25) is 0 Å².